The summed E-state index contributed by atoms with van der Waals surface area (Å²) >= 11 is 0. The smallest absolute Gasteiger partial charge is 0.250 e. The summed E-state index contributed by atoms with van der Waals surface area (Å²) in [5.74, 6) is 0.635. The number of aromatic nitrogens is 1. The lowest BCUT2D eigenvalue weighted by Gasteiger charge is -2.37. The molecule has 1 aliphatic heterocycles. The van der Waals surface area contributed by atoms with Crippen LogP contribution < -0.4 is 15.1 Å². The van der Waals surface area contributed by atoms with Gasteiger partial charge in [-0.2, -0.15) is 0 Å². The van der Waals surface area contributed by atoms with E-state index < -0.39 is 14.1 Å². The number of fused-ring (bicyclic) bond motifs is 2. The lowest BCUT2D eigenvalue weighted by molar-refractivity contribution is 0.0995. The fourth-order valence-corrected chi connectivity index (χ4v) is 5.80. The summed E-state index contributed by atoms with van der Waals surface area (Å²) in [5.41, 5.74) is 4.88. The number of aryl methyl sites for hydroxylation is 1. The van der Waals surface area contributed by atoms with Crippen LogP contribution in [0.25, 0.3) is 0 Å². The number of ketones is 1. The Morgan fingerprint density at radius 3 is 2.50 bits per heavy atom. The summed E-state index contributed by atoms with van der Waals surface area (Å²) in [4.78, 5) is 22.8. The van der Waals surface area contributed by atoms with E-state index in [-0.39, 0.29) is 22.9 Å². The molecule has 0 unspecified atom stereocenters. The monoisotopic (exact) mass is 591 g/mol. The molecule has 1 aliphatic rings. The van der Waals surface area contributed by atoms with Gasteiger partial charge in [-0.1, -0.05) is 39.8 Å². The molecule has 2 aromatic carbocycles. The number of likely N-dealkylation sites (N-methyl/N-ethyl adjacent to an activating group) is 2. The van der Waals surface area contributed by atoms with Crippen LogP contribution in [-0.4, -0.2) is 62.6 Å². The van der Waals surface area contributed by atoms with E-state index in [1.165, 1.54) is 6.07 Å². The van der Waals surface area contributed by atoms with E-state index in [9.17, 15) is 4.79 Å². The van der Waals surface area contributed by atoms with Crippen molar-refractivity contribution < 1.29 is 13.6 Å². The highest BCUT2D eigenvalue weighted by atomic mass is 28.4. The van der Waals surface area contributed by atoms with Gasteiger partial charge in [-0.15, -0.1) is 0 Å². The van der Waals surface area contributed by atoms with Crippen molar-refractivity contribution in [2.45, 2.75) is 65.7 Å². The molecule has 226 valence electrons. The summed E-state index contributed by atoms with van der Waals surface area (Å²) in [7, 11) is 2.02. The van der Waals surface area contributed by atoms with Crippen LogP contribution in [0.3, 0.4) is 0 Å². The van der Waals surface area contributed by atoms with Crippen molar-refractivity contribution in [3.05, 3.63) is 70.7 Å². The average molecular weight is 592 g/mol. The number of hydrogen-bond donors (Lipinski definition) is 2. The molecule has 0 saturated carbocycles. The summed E-state index contributed by atoms with van der Waals surface area (Å²) < 4.78 is 21.8. The van der Waals surface area contributed by atoms with Gasteiger partial charge in [0.2, 0.25) is 8.32 Å². The summed E-state index contributed by atoms with van der Waals surface area (Å²) in [6.45, 7) is 18.6. The molecule has 1 aromatic heterocycles. The van der Waals surface area contributed by atoms with Crippen molar-refractivity contribution in [2.75, 3.05) is 44.4 Å². The third-order valence-electron chi connectivity index (χ3n) is 8.43. The highest BCUT2D eigenvalue weighted by molar-refractivity contribution is 6.74. The molecule has 3 aromatic rings. The van der Waals surface area contributed by atoms with Crippen LogP contribution in [0.5, 0.6) is 5.75 Å². The van der Waals surface area contributed by atoms with Gasteiger partial charge >= 0.3 is 0 Å². The first-order valence-electron chi connectivity index (χ1n) is 14.7. The molecule has 0 amide bonds. The van der Waals surface area contributed by atoms with Gasteiger partial charge < -0.3 is 20.0 Å². The minimum atomic E-state index is -2.14. The molecule has 7 nitrogen and oxygen atoms in total. The number of halogens is 1. The van der Waals surface area contributed by atoms with Crippen molar-refractivity contribution >= 4 is 37.0 Å². The van der Waals surface area contributed by atoms with Crippen LogP contribution >= 0.6 is 0 Å². The van der Waals surface area contributed by atoms with E-state index in [2.05, 4.69) is 92.4 Å². The second-order valence-electron chi connectivity index (χ2n) is 13.1. The molecule has 0 bridgehead atoms. The Bertz CT molecular complexity index is 1450. The molecule has 0 atom stereocenters. The number of Topliss-reactive ketones (excluding diaryl/α,β-unsaturated/α-hetero) is 1. The molecular formula is C33H46FN5O2Si. The number of pyridine rings is 1. The fraction of sp³-hybridized carbons (Fsp3) is 0.455. The van der Waals surface area contributed by atoms with E-state index in [4.69, 9.17) is 4.43 Å². The van der Waals surface area contributed by atoms with Crippen LogP contribution in [-0.2, 0) is 13.0 Å². The normalized spacial score (nSPS) is 13.5. The molecule has 42 heavy (non-hydrogen) atoms. The summed E-state index contributed by atoms with van der Waals surface area (Å²) in [6.07, 6.45) is 1.85. The lowest BCUT2D eigenvalue weighted by atomic mass is 10.0. The van der Waals surface area contributed by atoms with Gasteiger partial charge in [-0.05, 0) is 80.6 Å². The molecule has 2 heterocycles. The highest BCUT2D eigenvalue weighted by Crippen LogP contribution is 2.40. The van der Waals surface area contributed by atoms with Gasteiger partial charge in [0.15, 0.2) is 5.78 Å². The van der Waals surface area contributed by atoms with Crippen LogP contribution in [0.4, 0.5) is 27.3 Å². The first-order chi connectivity index (χ1) is 19.7. The maximum Gasteiger partial charge on any atom is 0.250 e. The van der Waals surface area contributed by atoms with Crippen LogP contribution in [0.15, 0.2) is 42.6 Å². The minimum absolute atomic E-state index is 0.00214. The van der Waals surface area contributed by atoms with Gasteiger partial charge in [-0.25, -0.2) is 9.37 Å². The standard InChI is InChI=1S/C33H46FN5O2Si/c1-10-39(16-15-38(6)7)21-23-11-12-26-24(18-23)19-29(40)31-27(13-14-35-32(31)37-26)36-28-20-30(22(2)17-25(28)34)41-42(8,9)33(3,4)5/h11-14,17-18,20H,10,15-16,19,21H2,1-9H3,(H2,35,36,37). The van der Waals surface area contributed by atoms with Gasteiger partial charge in [-0.3, -0.25) is 9.69 Å². The number of benzene rings is 2. The second kappa shape index (κ2) is 12.5. The quantitative estimate of drug-likeness (QED) is 0.236. The number of anilines is 4. The number of rotatable bonds is 10. The lowest BCUT2D eigenvalue weighted by Crippen LogP contribution is -2.44. The second-order valence-corrected chi connectivity index (χ2v) is 17.8. The van der Waals surface area contributed by atoms with Gasteiger partial charge in [0.25, 0.3) is 0 Å². The number of carbonyl (C=O) groups excluding carboxylic acids is 1. The van der Waals surface area contributed by atoms with E-state index in [0.717, 1.165) is 48.6 Å². The molecule has 0 saturated heterocycles. The maximum atomic E-state index is 15.3. The van der Waals surface area contributed by atoms with Crippen LogP contribution in [0.2, 0.25) is 18.1 Å². The molecule has 0 spiro atoms. The summed E-state index contributed by atoms with van der Waals surface area (Å²) in [6, 6.07) is 11.2. The molecular weight excluding hydrogens is 545 g/mol. The molecule has 9 heteroatoms. The van der Waals surface area contributed by atoms with Gasteiger partial charge in [0, 0.05) is 44.0 Å². The molecule has 0 aliphatic carbocycles. The Labute approximate surface area is 251 Å². The topological polar surface area (TPSA) is 69.7 Å². The van der Waals surface area contributed by atoms with E-state index in [1.54, 1.807) is 18.3 Å². The van der Waals surface area contributed by atoms with Gasteiger partial charge in [0.1, 0.15) is 17.4 Å². The zero-order chi connectivity index (χ0) is 30.8. The SMILES string of the molecule is CCN(CCN(C)C)Cc1ccc2c(c1)CC(=O)c1c(Nc3cc(O[Si](C)(C)C(C)(C)C)c(C)cc3F)ccnc1N2. The number of nitrogens with one attached hydrogen (secondary N) is 2. The molecule has 0 radical (unpaired) electrons. The molecule has 2 N–H and O–H groups in total. The Kier molecular flexibility index (Phi) is 9.45. The van der Waals surface area contributed by atoms with Crippen molar-refractivity contribution in [1.82, 2.24) is 14.8 Å². The molecule has 0 fully saturated rings. The third-order valence-corrected chi connectivity index (χ3v) is 12.8. The number of hydrogen-bond acceptors (Lipinski definition) is 7. The predicted octanol–water partition coefficient (Wildman–Crippen LogP) is 7.52. The van der Waals surface area contributed by atoms with Crippen LogP contribution in [0, 0.1) is 12.7 Å². The first kappa shape index (κ1) is 31.7. The number of nitrogens with zero attached hydrogens (tertiary/aromatic N) is 3. The largest absolute Gasteiger partial charge is 0.543 e. The molecule has 4 rings (SSSR count). The summed E-state index contributed by atoms with van der Waals surface area (Å²) in [5, 5.41) is 6.56. The zero-order valence-corrected chi connectivity index (χ0v) is 27.6. The number of carbonyl (C=O) groups is 1. The van der Waals surface area contributed by atoms with E-state index in [1.807, 2.05) is 13.0 Å². The maximum absolute atomic E-state index is 15.3. The fourth-order valence-electron chi connectivity index (χ4n) is 4.73. The van der Waals surface area contributed by atoms with Gasteiger partial charge in [0.05, 0.1) is 16.9 Å². The van der Waals surface area contributed by atoms with E-state index >= 15 is 4.39 Å². The van der Waals surface area contributed by atoms with E-state index in [0.29, 0.717) is 22.8 Å². The third kappa shape index (κ3) is 7.19. The Balaban J connectivity index is 1.60. The van der Waals surface area contributed by atoms with Crippen molar-refractivity contribution in [1.29, 1.82) is 0 Å². The van der Waals surface area contributed by atoms with Crippen molar-refractivity contribution in [2.24, 2.45) is 0 Å². The average Bonchev–Trinajstić information content (AvgIpc) is 3.04. The minimum Gasteiger partial charge on any atom is -0.543 e. The zero-order valence-electron chi connectivity index (χ0n) is 26.6. The first-order valence-corrected chi connectivity index (χ1v) is 17.6. The Morgan fingerprint density at radius 1 is 1.10 bits per heavy atom. The Hall–Kier alpha value is -3.27. The van der Waals surface area contributed by atoms with Crippen molar-refractivity contribution in [3.63, 3.8) is 0 Å². The van der Waals surface area contributed by atoms with Crippen molar-refractivity contribution in [3.8, 4) is 5.75 Å². The van der Waals surface area contributed by atoms with Crippen LogP contribution in [0.1, 0.15) is 54.7 Å². The highest BCUT2D eigenvalue weighted by Gasteiger charge is 2.39. The predicted molar refractivity (Wildman–Crippen MR) is 174 cm³/mol. The Morgan fingerprint density at radius 2 is 1.83 bits per heavy atom.